The van der Waals surface area contributed by atoms with Crippen molar-refractivity contribution >= 4 is 11.6 Å². The van der Waals surface area contributed by atoms with E-state index in [1.54, 1.807) is 0 Å². The van der Waals surface area contributed by atoms with E-state index in [0.717, 1.165) is 25.9 Å². The molecule has 2 rings (SSSR count). The number of ether oxygens (including phenoxy) is 1. The van der Waals surface area contributed by atoms with Gasteiger partial charge in [-0.25, -0.2) is 4.39 Å². The monoisotopic (exact) mass is 275 g/mol. The lowest BCUT2D eigenvalue weighted by Crippen LogP contribution is -2.31. The first-order valence-electron chi connectivity index (χ1n) is 6.04. The highest BCUT2D eigenvalue weighted by Gasteiger charge is 2.21. The Morgan fingerprint density at radius 2 is 2.22 bits per heavy atom. The topological polar surface area (TPSA) is 21.3 Å². The van der Waals surface area contributed by atoms with Crippen LogP contribution in [0.2, 0.25) is 5.02 Å². The van der Waals surface area contributed by atoms with Crippen molar-refractivity contribution in [3.8, 4) is 5.75 Å². The van der Waals surface area contributed by atoms with Crippen molar-refractivity contribution in [2.24, 2.45) is 5.92 Å². The van der Waals surface area contributed by atoms with Gasteiger partial charge in [0.1, 0.15) is 0 Å². The first-order valence-corrected chi connectivity index (χ1v) is 6.42. The minimum Gasteiger partial charge on any atom is -0.492 e. The Bertz CT molecular complexity index is 433. The number of rotatable bonds is 3. The largest absolute Gasteiger partial charge is 0.492 e. The summed E-state index contributed by atoms with van der Waals surface area (Å²) in [6.45, 7) is 1.83. The molecule has 100 valence electrons. The van der Waals surface area contributed by atoms with Crippen LogP contribution in [0.4, 0.5) is 8.78 Å². The fourth-order valence-corrected chi connectivity index (χ4v) is 2.66. The second-order valence-electron chi connectivity index (χ2n) is 4.60. The van der Waals surface area contributed by atoms with Crippen LogP contribution in [0.15, 0.2) is 6.07 Å². The number of hydrogen-bond donors (Lipinski definition) is 1. The number of hydrogen-bond acceptors (Lipinski definition) is 2. The molecule has 1 heterocycles. The Hall–Kier alpha value is -0.870. The van der Waals surface area contributed by atoms with Crippen molar-refractivity contribution in [1.29, 1.82) is 0 Å². The van der Waals surface area contributed by atoms with E-state index in [1.165, 1.54) is 13.2 Å². The van der Waals surface area contributed by atoms with Gasteiger partial charge in [0.25, 0.3) is 0 Å². The molecule has 1 N–H and O–H groups in total. The first kappa shape index (κ1) is 13.6. The molecule has 0 aliphatic carbocycles. The molecule has 1 aromatic carbocycles. The third-order valence-corrected chi connectivity index (χ3v) is 3.58. The number of benzene rings is 1. The van der Waals surface area contributed by atoms with Crippen LogP contribution in [-0.4, -0.2) is 20.2 Å². The van der Waals surface area contributed by atoms with Crippen molar-refractivity contribution in [3.05, 3.63) is 28.3 Å². The van der Waals surface area contributed by atoms with Crippen molar-refractivity contribution in [3.63, 3.8) is 0 Å². The Kier molecular flexibility index (Phi) is 4.40. The van der Waals surface area contributed by atoms with Gasteiger partial charge in [-0.1, -0.05) is 11.6 Å². The fourth-order valence-electron chi connectivity index (χ4n) is 2.37. The van der Waals surface area contributed by atoms with Gasteiger partial charge < -0.3 is 10.1 Å². The van der Waals surface area contributed by atoms with Crippen LogP contribution >= 0.6 is 11.6 Å². The zero-order valence-electron chi connectivity index (χ0n) is 10.2. The summed E-state index contributed by atoms with van der Waals surface area (Å²) in [4.78, 5) is 0. The van der Waals surface area contributed by atoms with E-state index in [0.29, 0.717) is 17.9 Å². The second-order valence-corrected chi connectivity index (χ2v) is 5.00. The Morgan fingerprint density at radius 3 is 2.83 bits per heavy atom. The van der Waals surface area contributed by atoms with Crippen LogP contribution in [0.1, 0.15) is 18.4 Å². The highest BCUT2D eigenvalue weighted by Crippen LogP contribution is 2.33. The zero-order chi connectivity index (χ0) is 13.1. The maximum absolute atomic E-state index is 13.9. The molecule has 1 aliphatic heterocycles. The van der Waals surface area contributed by atoms with Gasteiger partial charge in [0.15, 0.2) is 11.6 Å². The van der Waals surface area contributed by atoms with E-state index >= 15 is 0 Å². The molecule has 1 atom stereocenters. The van der Waals surface area contributed by atoms with Crippen LogP contribution < -0.4 is 10.1 Å². The second kappa shape index (κ2) is 5.85. The molecule has 18 heavy (non-hydrogen) atoms. The minimum atomic E-state index is -0.997. The van der Waals surface area contributed by atoms with Crippen LogP contribution in [0, 0.1) is 17.6 Å². The van der Waals surface area contributed by atoms with Crippen LogP contribution in [0.5, 0.6) is 5.75 Å². The normalized spacial score (nSPS) is 19.9. The smallest absolute Gasteiger partial charge is 0.202 e. The summed E-state index contributed by atoms with van der Waals surface area (Å²) >= 11 is 5.88. The van der Waals surface area contributed by atoms with Gasteiger partial charge in [-0.2, -0.15) is 4.39 Å². The fraction of sp³-hybridized carbons (Fsp3) is 0.538. The molecule has 1 unspecified atom stereocenters. The van der Waals surface area contributed by atoms with Crippen LogP contribution in [-0.2, 0) is 6.42 Å². The molecular weight excluding hydrogens is 260 g/mol. The highest BCUT2D eigenvalue weighted by molar-refractivity contribution is 6.32. The molecule has 1 fully saturated rings. The zero-order valence-corrected chi connectivity index (χ0v) is 11.0. The average molecular weight is 276 g/mol. The van der Waals surface area contributed by atoms with E-state index < -0.39 is 11.6 Å². The van der Waals surface area contributed by atoms with Crippen molar-refractivity contribution in [2.75, 3.05) is 20.2 Å². The van der Waals surface area contributed by atoms with E-state index in [1.807, 2.05) is 0 Å². The lowest BCUT2D eigenvalue weighted by molar-refractivity contribution is 0.356. The van der Waals surface area contributed by atoms with Crippen molar-refractivity contribution in [2.45, 2.75) is 19.3 Å². The SMILES string of the molecule is COc1c(Cl)cc(CC2CCCNC2)c(F)c1F. The summed E-state index contributed by atoms with van der Waals surface area (Å²) in [6.07, 6.45) is 2.59. The average Bonchev–Trinajstić information content (AvgIpc) is 2.37. The molecule has 0 bridgehead atoms. The lowest BCUT2D eigenvalue weighted by atomic mass is 9.92. The molecule has 5 heteroatoms. The van der Waals surface area contributed by atoms with E-state index in [4.69, 9.17) is 16.3 Å². The Morgan fingerprint density at radius 1 is 1.44 bits per heavy atom. The van der Waals surface area contributed by atoms with E-state index in [2.05, 4.69) is 5.32 Å². The predicted octanol–water partition coefficient (Wildman–Crippen LogP) is 3.17. The molecule has 0 amide bonds. The molecule has 2 nitrogen and oxygen atoms in total. The molecule has 0 spiro atoms. The molecule has 1 aromatic rings. The van der Waals surface area contributed by atoms with Gasteiger partial charge in [-0.3, -0.25) is 0 Å². The molecule has 0 saturated carbocycles. The van der Waals surface area contributed by atoms with Gasteiger partial charge in [-0.15, -0.1) is 0 Å². The molecular formula is C13H16ClF2NO. The number of piperidine rings is 1. The maximum Gasteiger partial charge on any atom is 0.202 e. The number of methoxy groups -OCH3 is 1. The summed E-state index contributed by atoms with van der Waals surface area (Å²) in [5.74, 6) is -1.73. The summed E-state index contributed by atoms with van der Waals surface area (Å²) in [5.41, 5.74) is 0.326. The summed E-state index contributed by atoms with van der Waals surface area (Å²) < 4.78 is 32.3. The van der Waals surface area contributed by atoms with Crippen molar-refractivity contribution in [1.82, 2.24) is 5.32 Å². The third kappa shape index (κ3) is 2.75. The minimum absolute atomic E-state index is 0.121. The Balaban J connectivity index is 2.22. The van der Waals surface area contributed by atoms with Gasteiger partial charge >= 0.3 is 0 Å². The van der Waals surface area contributed by atoms with Gasteiger partial charge in [0.2, 0.25) is 5.82 Å². The van der Waals surface area contributed by atoms with Gasteiger partial charge in [-0.05, 0) is 49.9 Å². The maximum atomic E-state index is 13.9. The van der Waals surface area contributed by atoms with E-state index in [9.17, 15) is 8.78 Å². The molecule has 0 radical (unpaired) electrons. The molecule has 1 saturated heterocycles. The predicted molar refractivity (Wildman–Crippen MR) is 67.2 cm³/mol. The van der Waals surface area contributed by atoms with Gasteiger partial charge in [0.05, 0.1) is 12.1 Å². The standard InChI is InChI=1S/C13H16ClF2NO/c1-18-13-10(14)6-9(11(15)12(13)16)5-8-3-2-4-17-7-8/h6,8,17H,2-5,7H2,1H3. The lowest BCUT2D eigenvalue weighted by Gasteiger charge is -2.23. The third-order valence-electron chi connectivity index (χ3n) is 3.30. The summed E-state index contributed by atoms with van der Waals surface area (Å²) in [6, 6.07) is 1.47. The quantitative estimate of drug-likeness (QED) is 0.856. The summed E-state index contributed by atoms with van der Waals surface area (Å²) in [7, 11) is 1.27. The first-order chi connectivity index (χ1) is 8.63. The number of halogens is 3. The van der Waals surface area contributed by atoms with E-state index in [-0.39, 0.29) is 10.8 Å². The van der Waals surface area contributed by atoms with Crippen LogP contribution in [0.3, 0.4) is 0 Å². The van der Waals surface area contributed by atoms with Crippen molar-refractivity contribution < 1.29 is 13.5 Å². The molecule has 1 aliphatic rings. The summed E-state index contributed by atoms with van der Waals surface area (Å²) in [5, 5.41) is 3.37. The van der Waals surface area contributed by atoms with Crippen LogP contribution in [0.25, 0.3) is 0 Å². The highest BCUT2D eigenvalue weighted by atomic mass is 35.5. The number of nitrogens with one attached hydrogen (secondary N) is 1. The molecule has 0 aromatic heterocycles. The Labute approximate surface area is 110 Å². The van der Waals surface area contributed by atoms with Gasteiger partial charge in [0, 0.05) is 0 Å².